The molecule has 8 heteroatoms. The van der Waals surface area contributed by atoms with E-state index in [4.69, 9.17) is 17.2 Å². The molecule has 0 unspecified atom stereocenters. The number of unbranched alkanes of at least 4 members (excludes halogenated alkanes) is 3. The van der Waals surface area contributed by atoms with E-state index in [1.165, 1.54) is 18.2 Å². The molecular weight excluding hydrogens is 440 g/mol. The number of pyridine rings is 1. The van der Waals surface area contributed by atoms with Crippen LogP contribution in [-0.2, 0) is 4.79 Å². The summed E-state index contributed by atoms with van der Waals surface area (Å²) in [6, 6.07) is 3.82. The van der Waals surface area contributed by atoms with Crippen molar-refractivity contribution < 1.29 is 4.79 Å². The van der Waals surface area contributed by atoms with Crippen LogP contribution in [0.1, 0.15) is 63.0 Å². The van der Waals surface area contributed by atoms with Crippen LogP contribution in [0.15, 0.2) is 28.0 Å². The minimum absolute atomic E-state index is 0.102. The van der Waals surface area contributed by atoms with Crippen molar-refractivity contribution >= 4 is 51.7 Å². The lowest BCUT2D eigenvalue weighted by Gasteiger charge is -2.29. The third kappa shape index (κ3) is 4.62. The van der Waals surface area contributed by atoms with E-state index >= 15 is 0 Å². The monoisotopic (exact) mass is 470 g/mol. The smallest absolute Gasteiger partial charge is 0.267 e. The lowest BCUT2D eigenvalue weighted by Crippen LogP contribution is -2.34. The average molecular weight is 471 g/mol. The molecule has 4 heterocycles. The summed E-state index contributed by atoms with van der Waals surface area (Å²) in [5.74, 6) is 0.576. The van der Waals surface area contributed by atoms with Crippen LogP contribution in [0, 0.1) is 6.92 Å². The highest BCUT2D eigenvalue weighted by Crippen LogP contribution is 2.34. The van der Waals surface area contributed by atoms with E-state index < -0.39 is 0 Å². The fraction of sp³-hybridized carbons (Fsp3) is 0.500. The van der Waals surface area contributed by atoms with Gasteiger partial charge in [-0.05, 0) is 50.3 Å². The number of thioether (sulfide) groups is 1. The van der Waals surface area contributed by atoms with E-state index in [2.05, 4.69) is 11.8 Å². The van der Waals surface area contributed by atoms with Gasteiger partial charge in [0.25, 0.3) is 11.5 Å². The Bertz CT molecular complexity index is 1120. The number of fused-ring (bicyclic) bond motifs is 1. The zero-order chi connectivity index (χ0) is 22.7. The Hall–Kier alpha value is -2.19. The largest absolute Gasteiger partial charge is 0.356 e. The third-order valence-corrected chi connectivity index (χ3v) is 7.48. The van der Waals surface area contributed by atoms with Crippen LogP contribution in [0.5, 0.6) is 0 Å². The highest BCUT2D eigenvalue weighted by atomic mass is 32.2. The number of amides is 1. The summed E-state index contributed by atoms with van der Waals surface area (Å²) in [5, 5.41) is 0. The Balaban J connectivity index is 1.74. The molecule has 0 spiro atoms. The van der Waals surface area contributed by atoms with Crippen molar-refractivity contribution in [3.63, 3.8) is 0 Å². The minimum atomic E-state index is -0.146. The zero-order valence-corrected chi connectivity index (χ0v) is 20.4. The number of aromatic nitrogens is 2. The fourth-order valence-corrected chi connectivity index (χ4v) is 5.58. The number of hydrogen-bond acceptors (Lipinski definition) is 6. The number of rotatable bonds is 7. The Morgan fingerprint density at radius 3 is 2.69 bits per heavy atom. The normalized spacial score (nSPS) is 18.4. The Kier molecular flexibility index (Phi) is 7.30. The lowest BCUT2D eigenvalue weighted by atomic mass is 10.1. The third-order valence-electron chi connectivity index (χ3n) is 6.10. The van der Waals surface area contributed by atoms with Gasteiger partial charge in [0.1, 0.15) is 15.8 Å². The van der Waals surface area contributed by atoms with Crippen molar-refractivity contribution in [2.24, 2.45) is 0 Å². The number of anilines is 1. The van der Waals surface area contributed by atoms with E-state index in [1.54, 1.807) is 21.6 Å². The van der Waals surface area contributed by atoms with Gasteiger partial charge in [-0.1, -0.05) is 56.2 Å². The van der Waals surface area contributed by atoms with Gasteiger partial charge >= 0.3 is 0 Å². The number of aryl methyl sites for hydroxylation is 1. The van der Waals surface area contributed by atoms with Gasteiger partial charge in [-0.15, -0.1) is 0 Å². The Labute approximate surface area is 198 Å². The molecule has 0 atom stereocenters. The van der Waals surface area contributed by atoms with Gasteiger partial charge in [0.15, 0.2) is 0 Å². The summed E-state index contributed by atoms with van der Waals surface area (Å²) >= 11 is 6.78. The summed E-state index contributed by atoms with van der Waals surface area (Å²) in [7, 11) is 0. The molecule has 2 aliphatic rings. The molecule has 2 fully saturated rings. The Morgan fingerprint density at radius 1 is 1.16 bits per heavy atom. The lowest BCUT2D eigenvalue weighted by molar-refractivity contribution is -0.122. The Morgan fingerprint density at radius 2 is 1.94 bits per heavy atom. The van der Waals surface area contributed by atoms with Crippen LogP contribution >= 0.6 is 24.0 Å². The van der Waals surface area contributed by atoms with Crippen LogP contribution in [0.2, 0.25) is 0 Å². The van der Waals surface area contributed by atoms with E-state index in [0.717, 1.165) is 57.2 Å². The molecule has 0 radical (unpaired) electrons. The van der Waals surface area contributed by atoms with E-state index in [1.807, 2.05) is 19.1 Å². The van der Waals surface area contributed by atoms with Gasteiger partial charge < -0.3 is 4.90 Å². The van der Waals surface area contributed by atoms with Crippen molar-refractivity contribution in [1.82, 2.24) is 14.3 Å². The molecule has 0 bridgehead atoms. The van der Waals surface area contributed by atoms with Gasteiger partial charge in [-0.3, -0.25) is 18.9 Å². The predicted octanol–water partition coefficient (Wildman–Crippen LogP) is 4.77. The zero-order valence-electron chi connectivity index (χ0n) is 18.8. The molecule has 0 aromatic carbocycles. The molecule has 2 aromatic heterocycles. The van der Waals surface area contributed by atoms with Gasteiger partial charge in [0.05, 0.1) is 10.5 Å². The number of hydrogen-bond donors (Lipinski definition) is 0. The quantitative estimate of drug-likeness (QED) is 0.330. The van der Waals surface area contributed by atoms with Gasteiger partial charge in [-0.2, -0.15) is 0 Å². The molecule has 2 saturated heterocycles. The van der Waals surface area contributed by atoms with Gasteiger partial charge in [-0.25, -0.2) is 4.98 Å². The molecular formula is C24H30N4O2S2. The number of carbonyl (C=O) groups excluding carboxylic acids is 1. The highest BCUT2D eigenvalue weighted by Gasteiger charge is 2.32. The second kappa shape index (κ2) is 10.2. The molecule has 0 aliphatic carbocycles. The van der Waals surface area contributed by atoms with Crippen LogP contribution < -0.4 is 10.5 Å². The van der Waals surface area contributed by atoms with Crippen LogP contribution in [0.3, 0.4) is 0 Å². The number of thiocarbonyl (C=S) groups is 1. The second-order valence-corrected chi connectivity index (χ2v) is 10.2. The summed E-state index contributed by atoms with van der Waals surface area (Å²) in [6.07, 6.45) is 11.1. The van der Waals surface area contributed by atoms with Crippen molar-refractivity contribution in [3.8, 4) is 0 Å². The highest BCUT2D eigenvalue weighted by molar-refractivity contribution is 8.26. The fourth-order valence-electron chi connectivity index (χ4n) is 4.29. The molecule has 1 amide bonds. The average Bonchev–Trinajstić information content (AvgIpc) is 3.06. The van der Waals surface area contributed by atoms with Gasteiger partial charge in [0, 0.05) is 25.8 Å². The second-order valence-electron chi connectivity index (χ2n) is 8.48. The van der Waals surface area contributed by atoms with E-state index in [0.29, 0.717) is 32.8 Å². The first kappa shape index (κ1) is 23.0. The summed E-state index contributed by atoms with van der Waals surface area (Å²) in [5.41, 5.74) is 1.94. The maximum absolute atomic E-state index is 13.5. The summed E-state index contributed by atoms with van der Waals surface area (Å²) < 4.78 is 2.15. The first-order valence-corrected chi connectivity index (χ1v) is 12.8. The van der Waals surface area contributed by atoms with Crippen molar-refractivity contribution in [3.05, 3.63) is 44.7 Å². The SMILES string of the molecule is CCCCCCN1C(=O)/C(=C\c2c(N3CCCCC3)nc3c(C)cccn3c2=O)SC1=S. The topological polar surface area (TPSA) is 57.9 Å². The van der Waals surface area contributed by atoms with Crippen LogP contribution in [0.4, 0.5) is 5.82 Å². The summed E-state index contributed by atoms with van der Waals surface area (Å²) in [6.45, 7) is 6.50. The van der Waals surface area contributed by atoms with Crippen molar-refractivity contribution in [1.29, 1.82) is 0 Å². The standard InChI is InChI=1S/C24H30N4O2S2/c1-3-4-5-9-14-28-23(30)19(32-24(28)31)16-18-21(26-12-7-6-8-13-26)25-20-17(2)11-10-15-27(20)22(18)29/h10-11,15-16H,3-9,12-14H2,1-2H3/b19-16+. The predicted molar refractivity (Wildman–Crippen MR) is 136 cm³/mol. The first-order valence-electron chi connectivity index (χ1n) is 11.5. The maximum atomic E-state index is 13.5. The van der Waals surface area contributed by atoms with Crippen LogP contribution in [0.25, 0.3) is 11.7 Å². The van der Waals surface area contributed by atoms with E-state index in [-0.39, 0.29) is 11.5 Å². The minimum Gasteiger partial charge on any atom is -0.356 e. The number of nitrogens with zero attached hydrogens (tertiary/aromatic N) is 4. The van der Waals surface area contributed by atoms with Gasteiger partial charge in [0.2, 0.25) is 0 Å². The molecule has 0 saturated carbocycles. The molecule has 32 heavy (non-hydrogen) atoms. The van der Waals surface area contributed by atoms with Crippen molar-refractivity contribution in [2.75, 3.05) is 24.5 Å². The number of carbonyl (C=O) groups is 1. The summed E-state index contributed by atoms with van der Waals surface area (Å²) in [4.78, 5) is 35.9. The molecule has 170 valence electrons. The molecule has 2 aliphatic heterocycles. The maximum Gasteiger partial charge on any atom is 0.267 e. The van der Waals surface area contributed by atoms with Crippen molar-refractivity contribution in [2.45, 2.75) is 58.8 Å². The van der Waals surface area contributed by atoms with E-state index in [9.17, 15) is 9.59 Å². The molecule has 2 aromatic rings. The van der Waals surface area contributed by atoms with Crippen LogP contribution in [-0.4, -0.2) is 44.1 Å². The molecule has 6 nitrogen and oxygen atoms in total. The molecule has 0 N–H and O–H groups in total. The first-order chi connectivity index (χ1) is 15.5. The number of piperidine rings is 1. The molecule has 4 rings (SSSR count).